The molecule has 0 saturated heterocycles. The lowest BCUT2D eigenvalue weighted by atomic mass is 9.60. The first kappa shape index (κ1) is 21.5. The van der Waals surface area contributed by atoms with Gasteiger partial charge in [-0.3, -0.25) is 9.97 Å². The maximum Gasteiger partial charge on any atom is 0.182 e. The van der Waals surface area contributed by atoms with Crippen LogP contribution in [0.15, 0.2) is 67.6 Å². The lowest BCUT2D eigenvalue weighted by Crippen LogP contribution is -2.40. The van der Waals surface area contributed by atoms with Crippen molar-refractivity contribution in [2.75, 3.05) is 6.54 Å². The predicted octanol–water partition coefficient (Wildman–Crippen LogP) is 4.58. The van der Waals surface area contributed by atoms with Crippen LogP contribution >= 0.6 is 0 Å². The number of hydrogen-bond donors (Lipinski definition) is 2. The van der Waals surface area contributed by atoms with Crippen LogP contribution in [-0.4, -0.2) is 40.8 Å². The van der Waals surface area contributed by atoms with Crippen LogP contribution < -0.4 is 5.32 Å². The first-order valence-electron chi connectivity index (χ1n) is 12.9. The van der Waals surface area contributed by atoms with Gasteiger partial charge >= 0.3 is 0 Å². The van der Waals surface area contributed by atoms with E-state index in [1.807, 2.05) is 52.2 Å². The largest absolute Gasteiger partial charge is 0.357 e. The van der Waals surface area contributed by atoms with E-state index in [1.165, 1.54) is 31.4 Å². The number of H-pyrrole nitrogens is 1. The van der Waals surface area contributed by atoms with Crippen LogP contribution in [0.25, 0.3) is 28.0 Å². The van der Waals surface area contributed by atoms with Gasteiger partial charge < -0.3 is 14.9 Å². The number of fused-ring (bicyclic) bond motifs is 3. The van der Waals surface area contributed by atoms with Crippen molar-refractivity contribution in [3.63, 3.8) is 0 Å². The van der Waals surface area contributed by atoms with Crippen LogP contribution in [0.2, 0.25) is 0 Å². The van der Waals surface area contributed by atoms with Gasteiger partial charge in [-0.2, -0.15) is 5.10 Å². The molecule has 8 rings (SSSR count). The highest BCUT2D eigenvalue weighted by Gasteiger charge is 2.39. The zero-order valence-corrected chi connectivity index (χ0v) is 20.2. The van der Waals surface area contributed by atoms with Gasteiger partial charge in [-0.1, -0.05) is 6.42 Å². The van der Waals surface area contributed by atoms with Gasteiger partial charge in [0.25, 0.3) is 0 Å². The van der Waals surface area contributed by atoms with E-state index in [9.17, 15) is 0 Å². The van der Waals surface area contributed by atoms with E-state index in [2.05, 4.69) is 42.5 Å². The zero-order chi connectivity index (χ0) is 23.9. The third-order valence-corrected chi connectivity index (χ3v) is 7.97. The average molecular weight is 479 g/mol. The van der Waals surface area contributed by atoms with Crippen molar-refractivity contribution in [2.24, 2.45) is 17.8 Å². The highest BCUT2D eigenvalue weighted by molar-refractivity contribution is 5.79. The summed E-state index contributed by atoms with van der Waals surface area (Å²) in [6, 6.07) is 10.4. The molecule has 8 nitrogen and oxygen atoms in total. The summed E-state index contributed by atoms with van der Waals surface area (Å²) in [7, 11) is 0. The first-order valence-corrected chi connectivity index (χ1v) is 12.9. The number of nitrogens with zero attached hydrogens (tertiary/aromatic N) is 6. The number of nitrogens with one attached hydrogen (secondary N) is 2. The molecule has 5 heterocycles. The summed E-state index contributed by atoms with van der Waals surface area (Å²) >= 11 is 0. The van der Waals surface area contributed by atoms with E-state index in [0.717, 1.165) is 58.7 Å². The molecule has 1 atom stereocenters. The van der Waals surface area contributed by atoms with Gasteiger partial charge in [-0.05, 0) is 73.9 Å². The lowest BCUT2D eigenvalue weighted by molar-refractivity contribution is 0.0497. The van der Waals surface area contributed by atoms with E-state index in [4.69, 9.17) is 0 Å². The third kappa shape index (κ3) is 4.22. The molecule has 8 heteroatoms. The standard InChI is InChI=1S/C28H30N8/c1-2-6-35(5-1)26-10-23(13-30-16-26)28-32-18-36(34-28)17-25-11-27-22(14-31-25)9-24(33-27)15-29-12-20-4-3-19-7-21(20)8-19/h1-2,5-6,9-11,13-14,16,18-21,29,33H,3-4,7-8,12,15,17H2. The molecule has 3 fully saturated rings. The Morgan fingerprint density at radius 2 is 1.92 bits per heavy atom. The van der Waals surface area contributed by atoms with Crippen molar-refractivity contribution in [3.8, 4) is 17.1 Å². The number of hydrogen-bond acceptors (Lipinski definition) is 5. The average Bonchev–Trinajstić information content (AvgIpc) is 3.65. The van der Waals surface area contributed by atoms with E-state index < -0.39 is 0 Å². The predicted molar refractivity (Wildman–Crippen MR) is 138 cm³/mol. The summed E-state index contributed by atoms with van der Waals surface area (Å²) in [6.45, 7) is 2.57. The molecule has 0 radical (unpaired) electrons. The van der Waals surface area contributed by atoms with E-state index in [0.29, 0.717) is 12.4 Å². The molecule has 2 bridgehead atoms. The smallest absolute Gasteiger partial charge is 0.182 e. The summed E-state index contributed by atoms with van der Waals surface area (Å²) in [5, 5.41) is 9.51. The molecule has 2 N–H and O–H groups in total. The number of aromatic amines is 1. The van der Waals surface area contributed by atoms with Crippen LogP contribution in [0.4, 0.5) is 0 Å². The minimum absolute atomic E-state index is 0.560. The Labute approximate surface area is 209 Å². The highest BCUT2D eigenvalue weighted by Crippen LogP contribution is 2.48. The van der Waals surface area contributed by atoms with Gasteiger partial charge in [0.1, 0.15) is 6.33 Å². The summed E-state index contributed by atoms with van der Waals surface area (Å²) in [5.41, 5.74) is 5.13. The second kappa shape index (κ2) is 9.02. The number of aromatic nitrogens is 7. The molecular formula is C28H30N8. The zero-order valence-electron chi connectivity index (χ0n) is 20.2. The van der Waals surface area contributed by atoms with Gasteiger partial charge in [0.15, 0.2) is 5.82 Å². The topological polar surface area (TPSA) is 89.2 Å². The molecule has 3 aliphatic rings. The summed E-state index contributed by atoms with van der Waals surface area (Å²) in [6.07, 6.45) is 17.1. The van der Waals surface area contributed by atoms with Crippen molar-refractivity contribution in [1.29, 1.82) is 0 Å². The van der Waals surface area contributed by atoms with E-state index in [-0.39, 0.29) is 0 Å². The van der Waals surface area contributed by atoms with Gasteiger partial charge in [-0.15, -0.1) is 0 Å². The maximum absolute atomic E-state index is 4.67. The normalized spacial score (nSPS) is 21.1. The summed E-state index contributed by atoms with van der Waals surface area (Å²) in [4.78, 5) is 17.1. The molecule has 3 aliphatic carbocycles. The summed E-state index contributed by atoms with van der Waals surface area (Å²) < 4.78 is 3.84. The SMILES string of the molecule is c1ccn(-c2cncc(-c3ncn(Cc4cc5[nH]c(CNCC6CCC7CC6C7)cc5cn4)n3)c2)c1. The molecule has 36 heavy (non-hydrogen) atoms. The Kier molecular flexibility index (Phi) is 5.39. The van der Waals surface area contributed by atoms with E-state index >= 15 is 0 Å². The molecule has 0 aromatic carbocycles. The summed E-state index contributed by atoms with van der Waals surface area (Å²) in [5.74, 6) is 3.54. The molecule has 1 unspecified atom stereocenters. The molecule has 0 amide bonds. The Balaban J connectivity index is 1.01. The molecular weight excluding hydrogens is 448 g/mol. The Bertz CT molecular complexity index is 1470. The molecule has 5 aromatic rings. The monoisotopic (exact) mass is 478 g/mol. The van der Waals surface area contributed by atoms with E-state index in [1.54, 1.807) is 12.5 Å². The first-order chi connectivity index (χ1) is 17.8. The third-order valence-electron chi connectivity index (χ3n) is 7.97. The minimum atomic E-state index is 0.560. The van der Waals surface area contributed by atoms with Crippen LogP contribution in [0.5, 0.6) is 0 Å². The van der Waals surface area contributed by atoms with Gasteiger partial charge in [0.05, 0.1) is 24.1 Å². The van der Waals surface area contributed by atoms with Gasteiger partial charge in [0.2, 0.25) is 0 Å². The van der Waals surface area contributed by atoms with Crippen LogP contribution in [0.3, 0.4) is 0 Å². The molecule has 0 aliphatic heterocycles. The number of pyridine rings is 2. The molecule has 182 valence electrons. The van der Waals surface area contributed by atoms with Gasteiger partial charge in [0, 0.05) is 53.5 Å². The van der Waals surface area contributed by atoms with Gasteiger partial charge in [-0.25, -0.2) is 9.67 Å². The van der Waals surface area contributed by atoms with Crippen molar-refractivity contribution in [2.45, 2.75) is 38.8 Å². The molecule has 0 spiro atoms. The van der Waals surface area contributed by atoms with Crippen LogP contribution in [0.1, 0.15) is 37.1 Å². The lowest BCUT2D eigenvalue weighted by Gasteiger charge is -2.46. The van der Waals surface area contributed by atoms with Crippen molar-refractivity contribution in [1.82, 2.24) is 39.6 Å². The fourth-order valence-electron chi connectivity index (χ4n) is 5.93. The van der Waals surface area contributed by atoms with Crippen LogP contribution in [0, 0.1) is 17.8 Å². The Hall–Kier alpha value is -3.78. The maximum atomic E-state index is 4.67. The van der Waals surface area contributed by atoms with Crippen LogP contribution in [-0.2, 0) is 13.1 Å². The Morgan fingerprint density at radius 1 is 1.00 bits per heavy atom. The Morgan fingerprint density at radius 3 is 2.78 bits per heavy atom. The second-order valence-corrected chi connectivity index (χ2v) is 10.4. The van der Waals surface area contributed by atoms with Crippen molar-refractivity contribution < 1.29 is 0 Å². The van der Waals surface area contributed by atoms with Crippen molar-refractivity contribution >= 4 is 10.9 Å². The fraction of sp³-hybridized carbons (Fsp3) is 0.357. The molecule has 3 saturated carbocycles. The molecule has 5 aromatic heterocycles. The fourth-order valence-corrected chi connectivity index (χ4v) is 5.93. The highest BCUT2D eigenvalue weighted by atomic mass is 15.3. The number of rotatable bonds is 8. The quantitative estimate of drug-likeness (QED) is 0.341. The minimum Gasteiger partial charge on any atom is -0.357 e. The van der Waals surface area contributed by atoms with Crippen molar-refractivity contribution in [3.05, 3.63) is 79.0 Å². The second-order valence-electron chi connectivity index (χ2n) is 10.4.